The summed E-state index contributed by atoms with van der Waals surface area (Å²) in [4.78, 5) is 10.1. The predicted molar refractivity (Wildman–Crippen MR) is 174 cm³/mol. The largest absolute Gasteiger partial charge is 0.507 e. The molecule has 3 aromatic carbocycles. The second-order valence-corrected chi connectivity index (χ2v) is 14.9. The van der Waals surface area contributed by atoms with E-state index in [9.17, 15) is 5.11 Å². The molecule has 212 valence electrons. The monoisotopic (exact) mass is 564 g/mol. The molecule has 5 nitrogen and oxygen atoms in total. The van der Waals surface area contributed by atoms with E-state index < -0.39 is 0 Å². The number of fused-ring (bicyclic) bond motifs is 1. The summed E-state index contributed by atoms with van der Waals surface area (Å²) < 4.78 is 1.13. The number of aromatic amines is 1. The van der Waals surface area contributed by atoms with E-state index in [4.69, 9.17) is 9.98 Å². The number of hydrogen-bond acceptors (Lipinski definition) is 5. The van der Waals surface area contributed by atoms with Gasteiger partial charge in [-0.15, -0.1) is 11.3 Å². The molecule has 2 N–H and O–H groups in total. The van der Waals surface area contributed by atoms with Crippen molar-refractivity contribution in [3.05, 3.63) is 83.0 Å². The Kier molecular flexibility index (Phi) is 7.19. The lowest BCUT2D eigenvalue weighted by molar-refractivity contribution is 0.444. The van der Waals surface area contributed by atoms with E-state index in [1.54, 1.807) is 23.7 Å². The SMILES string of the molecule is CC(C)(C)c1cc(C=Nc2ccccc2-c2nc3c(-c4ccn[nH]4)cc(C(C)(C)C)cc3s2)c(O)c(C(C)(C)C)c1. The van der Waals surface area contributed by atoms with Crippen LogP contribution < -0.4 is 0 Å². The third kappa shape index (κ3) is 5.84. The molecule has 2 aromatic heterocycles. The highest BCUT2D eigenvalue weighted by Gasteiger charge is 2.25. The van der Waals surface area contributed by atoms with E-state index in [2.05, 4.69) is 103 Å². The van der Waals surface area contributed by atoms with Crippen LogP contribution in [0.25, 0.3) is 32.0 Å². The number of aromatic nitrogens is 3. The maximum atomic E-state index is 11.3. The lowest BCUT2D eigenvalue weighted by Crippen LogP contribution is -2.17. The Labute approximate surface area is 247 Å². The number of H-pyrrole nitrogens is 1. The Morgan fingerprint density at radius 3 is 2.12 bits per heavy atom. The van der Waals surface area contributed by atoms with Crippen molar-refractivity contribution in [3.8, 4) is 27.6 Å². The van der Waals surface area contributed by atoms with E-state index in [-0.39, 0.29) is 22.0 Å². The van der Waals surface area contributed by atoms with Gasteiger partial charge in [-0.3, -0.25) is 10.1 Å². The number of nitrogens with one attached hydrogen (secondary N) is 1. The van der Waals surface area contributed by atoms with Gasteiger partial charge >= 0.3 is 0 Å². The number of thiazole rings is 1. The highest BCUT2D eigenvalue weighted by Crippen LogP contribution is 2.42. The first kappa shape index (κ1) is 28.7. The molecule has 0 aliphatic carbocycles. The van der Waals surface area contributed by atoms with Crippen molar-refractivity contribution in [2.75, 3.05) is 0 Å². The van der Waals surface area contributed by atoms with Crippen molar-refractivity contribution in [2.45, 2.75) is 78.6 Å². The second kappa shape index (κ2) is 10.3. The minimum Gasteiger partial charge on any atom is -0.507 e. The zero-order chi connectivity index (χ0) is 29.7. The molecule has 5 rings (SSSR count). The topological polar surface area (TPSA) is 74.2 Å². The summed E-state index contributed by atoms with van der Waals surface area (Å²) in [5.74, 6) is 0.283. The molecule has 0 spiro atoms. The van der Waals surface area contributed by atoms with Crippen LogP contribution in [0.3, 0.4) is 0 Å². The van der Waals surface area contributed by atoms with Gasteiger partial charge in [-0.25, -0.2) is 4.98 Å². The van der Waals surface area contributed by atoms with Crippen LogP contribution in [-0.2, 0) is 16.2 Å². The summed E-state index contributed by atoms with van der Waals surface area (Å²) in [6.45, 7) is 19.6. The summed E-state index contributed by atoms with van der Waals surface area (Å²) in [6, 6.07) is 18.7. The first-order valence-corrected chi connectivity index (χ1v) is 14.9. The molecule has 0 fully saturated rings. The van der Waals surface area contributed by atoms with Crippen molar-refractivity contribution >= 4 is 33.5 Å². The molecular weight excluding hydrogens is 524 g/mol. The highest BCUT2D eigenvalue weighted by molar-refractivity contribution is 7.21. The van der Waals surface area contributed by atoms with Crippen LogP contribution in [-0.4, -0.2) is 26.5 Å². The Morgan fingerprint density at radius 2 is 1.49 bits per heavy atom. The van der Waals surface area contributed by atoms with Gasteiger partial charge in [0.1, 0.15) is 10.8 Å². The fourth-order valence-electron chi connectivity index (χ4n) is 4.86. The third-order valence-electron chi connectivity index (χ3n) is 7.44. The smallest absolute Gasteiger partial charge is 0.128 e. The number of phenols is 1. The van der Waals surface area contributed by atoms with E-state index >= 15 is 0 Å². The second-order valence-electron chi connectivity index (χ2n) is 13.8. The third-order valence-corrected chi connectivity index (χ3v) is 8.48. The van der Waals surface area contributed by atoms with Crippen molar-refractivity contribution in [1.29, 1.82) is 0 Å². The molecular formula is C35H40N4OS. The van der Waals surface area contributed by atoms with Crippen LogP contribution in [0.5, 0.6) is 5.75 Å². The van der Waals surface area contributed by atoms with Gasteiger partial charge in [0.05, 0.1) is 21.6 Å². The van der Waals surface area contributed by atoms with Gasteiger partial charge in [0.25, 0.3) is 0 Å². The zero-order valence-electron chi connectivity index (χ0n) is 25.5. The van der Waals surface area contributed by atoms with Gasteiger partial charge < -0.3 is 5.11 Å². The fraction of sp³-hybridized carbons (Fsp3) is 0.343. The van der Waals surface area contributed by atoms with E-state index in [1.807, 2.05) is 24.3 Å². The lowest BCUT2D eigenvalue weighted by Gasteiger charge is -2.27. The van der Waals surface area contributed by atoms with Crippen LogP contribution in [0, 0.1) is 0 Å². The molecule has 0 bridgehead atoms. The van der Waals surface area contributed by atoms with Gasteiger partial charge in [0.2, 0.25) is 0 Å². The van der Waals surface area contributed by atoms with Crippen LogP contribution in [0.4, 0.5) is 5.69 Å². The molecule has 0 aliphatic rings. The van der Waals surface area contributed by atoms with Crippen LogP contribution in [0.15, 0.2) is 65.8 Å². The molecule has 0 radical (unpaired) electrons. The summed E-state index contributed by atoms with van der Waals surface area (Å²) in [5.41, 5.74) is 8.51. The number of para-hydroxylation sites is 1. The number of hydrogen-bond donors (Lipinski definition) is 2. The minimum atomic E-state index is -0.203. The Bertz CT molecular complexity index is 1740. The quantitative estimate of drug-likeness (QED) is 0.213. The number of aliphatic imine (C=N–C) groups is 1. The number of rotatable bonds is 4. The van der Waals surface area contributed by atoms with Gasteiger partial charge in [-0.2, -0.15) is 5.10 Å². The average molecular weight is 565 g/mol. The van der Waals surface area contributed by atoms with Crippen LogP contribution in [0.1, 0.15) is 84.6 Å². The Balaban J connectivity index is 1.64. The van der Waals surface area contributed by atoms with Gasteiger partial charge in [0, 0.05) is 34.7 Å². The molecule has 0 saturated carbocycles. The average Bonchev–Trinajstić information content (AvgIpc) is 3.56. The molecule has 0 unspecified atom stereocenters. The van der Waals surface area contributed by atoms with E-state index in [0.717, 1.165) is 48.9 Å². The molecule has 0 amide bonds. The molecule has 41 heavy (non-hydrogen) atoms. The molecule has 6 heteroatoms. The van der Waals surface area contributed by atoms with Crippen molar-refractivity contribution in [1.82, 2.24) is 15.2 Å². The Morgan fingerprint density at radius 1 is 0.805 bits per heavy atom. The summed E-state index contributed by atoms with van der Waals surface area (Å²) in [5, 5.41) is 19.5. The first-order chi connectivity index (χ1) is 19.1. The maximum absolute atomic E-state index is 11.3. The molecule has 5 aromatic rings. The normalized spacial score (nSPS) is 13.0. The fourth-order valence-corrected chi connectivity index (χ4v) is 5.92. The number of aromatic hydroxyl groups is 1. The summed E-state index contributed by atoms with van der Waals surface area (Å²) in [7, 11) is 0. The zero-order valence-corrected chi connectivity index (χ0v) is 26.4. The van der Waals surface area contributed by atoms with E-state index in [0.29, 0.717) is 0 Å². The molecule has 2 heterocycles. The predicted octanol–water partition coefficient (Wildman–Crippen LogP) is 9.70. The molecule has 0 atom stereocenters. The van der Waals surface area contributed by atoms with Gasteiger partial charge in [-0.05, 0) is 63.8 Å². The summed E-state index contributed by atoms with van der Waals surface area (Å²) >= 11 is 1.67. The van der Waals surface area contributed by atoms with E-state index in [1.165, 1.54) is 11.1 Å². The standard InChI is InChI=1S/C35H40N4OS/c1-33(2,3)22-16-21(31(40)26(18-22)35(7,8)9)20-36-27-13-11-10-12-24(27)32-38-30-25(28-14-15-37-39-28)17-23(34(4,5)6)19-29(30)41-32/h10-20,40H,1-9H3,(H,37,39). The number of benzene rings is 3. The summed E-state index contributed by atoms with van der Waals surface area (Å²) in [6.07, 6.45) is 3.57. The van der Waals surface area contributed by atoms with Crippen molar-refractivity contribution < 1.29 is 5.11 Å². The van der Waals surface area contributed by atoms with Gasteiger partial charge in [-0.1, -0.05) is 80.5 Å². The van der Waals surface area contributed by atoms with Crippen molar-refractivity contribution in [3.63, 3.8) is 0 Å². The van der Waals surface area contributed by atoms with Crippen LogP contribution >= 0.6 is 11.3 Å². The highest BCUT2D eigenvalue weighted by atomic mass is 32.1. The minimum absolute atomic E-state index is 0.00911. The number of phenolic OH excluding ortho intramolecular Hbond substituents is 1. The van der Waals surface area contributed by atoms with Crippen molar-refractivity contribution in [2.24, 2.45) is 4.99 Å². The maximum Gasteiger partial charge on any atom is 0.128 e. The molecule has 0 saturated heterocycles. The van der Waals surface area contributed by atoms with Crippen LogP contribution in [0.2, 0.25) is 0 Å². The Hall–Kier alpha value is -3.77. The number of nitrogens with zero attached hydrogens (tertiary/aromatic N) is 3. The lowest BCUT2D eigenvalue weighted by atomic mass is 9.79. The molecule has 0 aliphatic heterocycles. The first-order valence-electron chi connectivity index (χ1n) is 14.1. The van der Waals surface area contributed by atoms with Gasteiger partial charge in [0.15, 0.2) is 0 Å².